The van der Waals surface area contributed by atoms with Crippen LogP contribution in [0.2, 0.25) is 0 Å². The number of carbonyl (C=O) groups excluding carboxylic acids is 1. The first kappa shape index (κ1) is 24.0. The van der Waals surface area contributed by atoms with Crippen molar-refractivity contribution < 1.29 is 15.0 Å². The molecule has 5 rings (SSSR count). The predicted molar refractivity (Wildman–Crippen MR) is 132 cm³/mol. The van der Waals surface area contributed by atoms with Gasteiger partial charge >= 0.3 is 0 Å². The molecule has 3 heteroatoms. The third-order valence-electron chi connectivity index (χ3n) is 13.2. The van der Waals surface area contributed by atoms with Crippen LogP contribution in [0.25, 0.3) is 0 Å². The van der Waals surface area contributed by atoms with Crippen LogP contribution in [-0.4, -0.2) is 28.7 Å². The van der Waals surface area contributed by atoms with E-state index in [2.05, 4.69) is 48.1 Å². The van der Waals surface area contributed by atoms with Crippen LogP contribution in [0.1, 0.15) is 99.3 Å². The zero-order valence-corrected chi connectivity index (χ0v) is 22.0. The molecule has 0 aliphatic heterocycles. The number of carbonyl (C=O) groups is 1. The molecule has 0 heterocycles. The quantitative estimate of drug-likeness (QED) is 0.488. The fraction of sp³-hybridized carbons (Fsp3) is 0.900. The molecule has 5 aliphatic carbocycles. The molecule has 0 saturated heterocycles. The maximum Gasteiger partial charge on any atom is 0.138 e. The molecule has 0 spiro atoms. The molecule has 0 aromatic carbocycles. The zero-order valence-electron chi connectivity index (χ0n) is 22.0. The summed E-state index contributed by atoms with van der Waals surface area (Å²) in [6.07, 6.45) is 8.97. The molecule has 2 N–H and O–H groups in total. The van der Waals surface area contributed by atoms with Gasteiger partial charge in [0.05, 0.1) is 6.10 Å². The number of rotatable bonds is 2. The van der Waals surface area contributed by atoms with Gasteiger partial charge < -0.3 is 10.2 Å². The van der Waals surface area contributed by atoms with E-state index in [1.165, 1.54) is 24.8 Å². The van der Waals surface area contributed by atoms with Crippen molar-refractivity contribution in [2.45, 2.75) is 105 Å². The van der Waals surface area contributed by atoms with Gasteiger partial charge in [-0.05, 0) is 104 Å². The molecule has 33 heavy (non-hydrogen) atoms. The maximum absolute atomic E-state index is 12.9. The van der Waals surface area contributed by atoms with Crippen LogP contribution in [0.3, 0.4) is 0 Å². The summed E-state index contributed by atoms with van der Waals surface area (Å²) < 4.78 is 0. The minimum absolute atomic E-state index is 0.00670. The smallest absolute Gasteiger partial charge is 0.138 e. The molecule has 186 valence electrons. The molecule has 0 amide bonds. The fourth-order valence-corrected chi connectivity index (χ4v) is 11.5. The van der Waals surface area contributed by atoms with Crippen LogP contribution in [-0.2, 0) is 4.79 Å². The minimum atomic E-state index is -0.444. The first-order valence-electron chi connectivity index (χ1n) is 13.8. The van der Waals surface area contributed by atoms with E-state index in [0.717, 1.165) is 32.1 Å². The molecular formula is C30H48O3. The molecular weight excluding hydrogens is 408 g/mol. The largest absolute Gasteiger partial charge is 0.396 e. The number of fused-ring (bicyclic) bond motifs is 7. The molecule has 0 bridgehead atoms. The van der Waals surface area contributed by atoms with E-state index in [0.29, 0.717) is 42.5 Å². The Bertz CT molecular complexity index is 861. The standard InChI is InChI=1S/C30H48O3/c1-18(2)19-10-13-30(17-31)15-14-28(6)20(24(19)30)8-9-22-27(5)12-11-23(33)26(3,4)25(27)21(32)16-29(22,28)7/h19-22,24-25,31-32H,1,8-17H2,2-7H3/t19-,20+,21-,22+,24+,25+,27+,28+,29+,30+/m0/s1. The second-order valence-electron chi connectivity index (χ2n) is 14.5. The molecule has 10 atom stereocenters. The molecule has 0 unspecified atom stereocenters. The molecule has 5 saturated carbocycles. The molecule has 3 nitrogen and oxygen atoms in total. The summed E-state index contributed by atoms with van der Waals surface area (Å²) in [5, 5.41) is 22.4. The van der Waals surface area contributed by atoms with E-state index >= 15 is 0 Å². The summed E-state index contributed by atoms with van der Waals surface area (Å²) in [5.74, 6) is 2.55. The third-order valence-corrected chi connectivity index (χ3v) is 13.2. The predicted octanol–water partition coefficient (Wildman–Crippen LogP) is 6.18. The van der Waals surface area contributed by atoms with Crippen LogP contribution < -0.4 is 0 Å². The summed E-state index contributed by atoms with van der Waals surface area (Å²) in [6.45, 7) is 18.6. The molecule has 0 radical (unpaired) electrons. The second-order valence-corrected chi connectivity index (χ2v) is 14.5. The monoisotopic (exact) mass is 456 g/mol. The van der Waals surface area contributed by atoms with Crippen LogP contribution in [0.5, 0.6) is 0 Å². The van der Waals surface area contributed by atoms with E-state index in [1.807, 2.05) is 0 Å². The van der Waals surface area contributed by atoms with Crippen LogP contribution >= 0.6 is 0 Å². The number of aliphatic hydroxyl groups is 2. The zero-order chi connectivity index (χ0) is 24.2. The van der Waals surface area contributed by atoms with Crippen molar-refractivity contribution in [1.82, 2.24) is 0 Å². The topological polar surface area (TPSA) is 57.5 Å². The Kier molecular flexibility index (Phi) is 5.24. The maximum atomic E-state index is 12.9. The van der Waals surface area contributed by atoms with Gasteiger partial charge in [0.1, 0.15) is 5.78 Å². The average molecular weight is 457 g/mol. The summed E-state index contributed by atoms with van der Waals surface area (Å²) in [6, 6.07) is 0. The SMILES string of the molecule is C=C(C)[C@@H]1CC[C@]2(CO)CC[C@]3(C)[C@H](CC[C@@H]4[C@@]5(C)CCC(=O)C(C)(C)[C@H]5[C@@H](O)C[C@]43C)[C@@H]12. The Morgan fingerprint density at radius 3 is 2.33 bits per heavy atom. The number of hydrogen-bond donors (Lipinski definition) is 2. The van der Waals surface area contributed by atoms with Gasteiger partial charge in [0.25, 0.3) is 0 Å². The van der Waals surface area contributed by atoms with Gasteiger partial charge in [0.15, 0.2) is 0 Å². The number of aliphatic hydroxyl groups excluding tert-OH is 2. The number of ketones is 1. The lowest BCUT2D eigenvalue weighted by molar-refractivity contribution is -0.260. The average Bonchev–Trinajstić information content (AvgIpc) is 3.12. The number of allylic oxidation sites excluding steroid dienone is 1. The molecule has 0 aromatic rings. The second kappa shape index (κ2) is 7.19. The molecule has 5 aliphatic rings. The highest BCUT2D eigenvalue weighted by molar-refractivity contribution is 5.85. The van der Waals surface area contributed by atoms with E-state index in [9.17, 15) is 15.0 Å². The van der Waals surface area contributed by atoms with Gasteiger partial charge in [-0.15, -0.1) is 0 Å². The number of hydrogen-bond acceptors (Lipinski definition) is 3. The van der Waals surface area contributed by atoms with Gasteiger partial charge in [-0.25, -0.2) is 0 Å². The minimum Gasteiger partial charge on any atom is -0.396 e. The fourth-order valence-electron chi connectivity index (χ4n) is 11.5. The first-order valence-corrected chi connectivity index (χ1v) is 13.8. The summed E-state index contributed by atoms with van der Waals surface area (Å²) in [5.41, 5.74) is 1.14. The summed E-state index contributed by atoms with van der Waals surface area (Å²) in [4.78, 5) is 12.9. The lowest BCUT2D eigenvalue weighted by Crippen LogP contribution is -2.69. The third kappa shape index (κ3) is 2.79. The Hall–Kier alpha value is -0.670. The van der Waals surface area contributed by atoms with Crippen molar-refractivity contribution in [1.29, 1.82) is 0 Å². The highest BCUT2D eigenvalue weighted by Gasteiger charge is 2.72. The van der Waals surface area contributed by atoms with Crippen molar-refractivity contribution in [2.24, 2.45) is 56.7 Å². The summed E-state index contributed by atoms with van der Waals surface area (Å²) in [7, 11) is 0. The highest BCUT2D eigenvalue weighted by Crippen LogP contribution is 2.77. The van der Waals surface area contributed by atoms with E-state index in [-0.39, 0.29) is 27.6 Å². The summed E-state index contributed by atoms with van der Waals surface area (Å²) >= 11 is 0. The van der Waals surface area contributed by atoms with Crippen LogP contribution in [0, 0.1) is 56.7 Å². The van der Waals surface area contributed by atoms with E-state index < -0.39 is 11.5 Å². The van der Waals surface area contributed by atoms with Crippen molar-refractivity contribution in [3.05, 3.63) is 12.2 Å². The van der Waals surface area contributed by atoms with Crippen molar-refractivity contribution in [3.8, 4) is 0 Å². The van der Waals surface area contributed by atoms with Gasteiger partial charge in [0.2, 0.25) is 0 Å². The van der Waals surface area contributed by atoms with Crippen molar-refractivity contribution in [2.75, 3.05) is 6.61 Å². The van der Waals surface area contributed by atoms with Crippen LogP contribution in [0.15, 0.2) is 12.2 Å². The lowest BCUT2D eigenvalue weighted by Gasteiger charge is -2.73. The number of Topliss-reactive ketones (excluding diaryl/α,β-unsaturated/α-hetero) is 1. The van der Waals surface area contributed by atoms with E-state index in [4.69, 9.17) is 0 Å². The lowest BCUT2D eigenvalue weighted by atomic mass is 9.32. The van der Waals surface area contributed by atoms with Crippen molar-refractivity contribution in [3.63, 3.8) is 0 Å². The van der Waals surface area contributed by atoms with Gasteiger partial charge in [0, 0.05) is 24.4 Å². The Balaban J connectivity index is 1.59. The molecule has 0 aromatic heterocycles. The van der Waals surface area contributed by atoms with Crippen molar-refractivity contribution >= 4 is 5.78 Å². The van der Waals surface area contributed by atoms with Crippen LogP contribution in [0.4, 0.5) is 0 Å². The van der Waals surface area contributed by atoms with Gasteiger partial charge in [-0.1, -0.05) is 46.8 Å². The Labute approximate surface area is 201 Å². The Morgan fingerprint density at radius 1 is 1.00 bits per heavy atom. The molecule has 5 fully saturated rings. The highest BCUT2D eigenvalue weighted by atomic mass is 16.3. The van der Waals surface area contributed by atoms with Gasteiger partial charge in [-0.2, -0.15) is 0 Å². The Morgan fingerprint density at radius 2 is 1.70 bits per heavy atom. The first-order chi connectivity index (χ1) is 15.3. The normalized spacial score (nSPS) is 55.2. The van der Waals surface area contributed by atoms with Gasteiger partial charge in [-0.3, -0.25) is 4.79 Å². The van der Waals surface area contributed by atoms with E-state index in [1.54, 1.807) is 0 Å².